The number of carbonyl (C=O) groups is 1. The van der Waals surface area contributed by atoms with Gasteiger partial charge in [-0.1, -0.05) is 83.8 Å². The van der Waals surface area contributed by atoms with Gasteiger partial charge in [-0.25, -0.2) is 8.78 Å². The largest absolute Gasteiger partial charge is 0.494 e. The topological polar surface area (TPSA) is 26.3 Å². The summed E-state index contributed by atoms with van der Waals surface area (Å²) >= 11 is 0. The molecule has 1 aliphatic rings. The Bertz CT molecular complexity index is 936. The third-order valence-electron chi connectivity index (χ3n) is 7.29. The first-order chi connectivity index (χ1) is 17.0. The fourth-order valence-corrected chi connectivity index (χ4v) is 5.13. The monoisotopic (exact) mass is 484 g/mol. The Morgan fingerprint density at radius 2 is 1.54 bits per heavy atom. The lowest BCUT2D eigenvalue weighted by Crippen LogP contribution is -2.15. The number of ether oxygens (including phenoxy) is 1. The maximum atomic E-state index is 15.6. The highest BCUT2D eigenvalue weighted by atomic mass is 19.1. The third kappa shape index (κ3) is 7.88. The molecule has 0 N–H and O–H groups in total. The van der Waals surface area contributed by atoms with Crippen LogP contribution in [0.1, 0.15) is 102 Å². The second-order valence-corrected chi connectivity index (χ2v) is 10.1. The van der Waals surface area contributed by atoms with Crippen LogP contribution in [0.3, 0.4) is 0 Å². The Morgan fingerprint density at radius 1 is 0.886 bits per heavy atom. The van der Waals surface area contributed by atoms with Crippen LogP contribution in [0.5, 0.6) is 5.75 Å². The number of unbranched alkanes of at least 4 members (excludes halogenated alkanes) is 8. The molecular weight excluding hydrogens is 442 g/mol. The van der Waals surface area contributed by atoms with Gasteiger partial charge in [0.1, 0.15) is 23.2 Å². The van der Waals surface area contributed by atoms with Gasteiger partial charge in [0.15, 0.2) is 0 Å². The highest BCUT2D eigenvalue weighted by Crippen LogP contribution is 2.35. The quantitative estimate of drug-likeness (QED) is 0.197. The minimum Gasteiger partial charge on any atom is -0.494 e. The zero-order valence-electron chi connectivity index (χ0n) is 21.6. The molecule has 0 saturated heterocycles. The number of hydrogen-bond acceptors (Lipinski definition) is 2. The van der Waals surface area contributed by atoms with Gasteiger partial charge < -0.3 is 4.74 Å². The summed E-state index contributed by atoms with van der Waals surface area (Å²) in [5, 5.41) is 0. The average Bonchev–Trinajstić information content (AvgIpc) is 3.00. The Kier molecular flexibility index (Phi) is 11.2. The normalized spacial score (nSPS) is 15.7. The summed E-state index contributed by atoms with van der Waals surface area (Å²) in [5.41, 5.74) is 1.53. The van der Waals surface area contributed by atoms with Crippen LogP contribution in [-0.4, -0.2) is 12.4 Å². The predicted octanol–water partition coefficient (Wildman–Crippen LogP) is 9.02. The van der Waals surface area contributed by atoms with E-state index in [4.69, 9.17) is 4.74 Å². The maximum absolute atomic E-state index is 15.6. The summed E-state index contributed by atoms with van der Waals surface area (Å²) in [6.07, 6.45) is 13.8. The van der Waals surface area contributed by atoms with Crippen LogP contribution in [0.15, 0.2) is 30.3 Å². The van der Waals surface area contributed by atoms with Gasteiger partial charge in [-0.2, -0.15) is 0 Å². The molecular formula is C31H42F2O2. The molecule has 1 unspecified atom stereocenters. The van der Waals surface area contributed by atoms with Crippen molar-refractivity contribution in [3.63, 3.8) is 0 Å². The molecule has 2 aromatic rings. The van der Waals surface area contributed by atoms with Gasteiger partial charge >= 0.3 is 0 Å². The first-order valence-electron chi connectivity index (χ1n) is 13.8. The van der Waals surface area contributed by atoms with Gasteiger partial charge in [-0.05, 0) is 60.6 Å². The van der Waals surface area contributed by atoms with E-state index in [1.165, 1.54) is 44.6 Å². The van der Waals surface area contributed by atoms with Crippen LogP contribution in [0.25, 0.3) is 11.1 Å². The summed E-state index contributed by atoms with van der Waals surface area (Å²) in [6.45, 7) is 5.02. The molecule has 0 amide bonds. The Morgan fingerprint density at radius 3 is 2.26 bits per heavy atom. The number of benzene rings is 2. The molecule has 0 radical (unpaired) electrons. The number of Topliss-reactive ketones (excluding diaryl/α,β-unsaturated/α-hetero) is 1. The van der Waals surface area contributed by atoms with Crippen molar-refractivity contribution in [1.82, 2.24) is 0 Å². The summed E-state index contributed by atoms with van der Waals surface area (Å²) in [6, 6.07) is 8.38. The van der Waals surface area contributed by atoms with E-state index in [1.807, 2.05) is 0 Å². The molecule has 0 saturated carbocycles. The molecule has 1 aliphatic carbocycles. The van der Waals surface area contributed by atoms with Crippen molar-refractivity contribution in [2.75, 3.05) is 6.61 Å². The SMILES string of the molecule is CCCCCCCCC1CCc2c(cc(F)c(-c3ccc(OCCCCCC)cc3)c2F)CC1=O. The van der Waals surface area contributed by atoms with Gasteiger partial charge in [-0.15, -0.1) is 0 Å². The molecule has 0 fully saturated rings. The molecule has 0 aromatic heterocycles. The summed E-state index contributed by atoms with van der Waals surface area (Å²) in [7, 11) is 0. The molecule has 35 heavy (non-hydrogen) atoms. The lowest BCUT2D eigenvalue weighted by atomic mass is 9.92. The highest BCUT2D eigenvalue weighted by Gasteiger charge is 2.28. The van der Waals surface area contributed by atoms with E-state index in [1.54, 1.807) is 24.3 Å². The van der Waals surface area contributed by atoms with Crippen molar-refractivity contribution >= 4 is 5.78 Å². The van der Waals surface area contributed by atoms with Crippen LogP contribution < -0.4 is 4.74 Å². The zero-order chi connectivity index (χ0) is 25.0. The molecule has 3 rings (SSSR count). The lowest BCUT2D eigenvalue weighted by Gasteiger charge is -2.14. The summed E-state index contributed by atoms with van der Waals surface area (Å²) in [5.74, 6) is -0.320. The fourth-order valence-electron chi connectivity index (χ4n) is 5.13. The van der Waals surface area contributed by atoms with E-state index >= 15 is 8.78 Å². The molecule has 0 spiro atoms. The molecule has 2 nitrogen and oxygen atoms in total. The molecule has 0 heterocycles. The minimum absolute atomic E-state index is 0.0000638. The van der Waals surface area contributed by atoms with Gasteiger partial charge in [0.25, 0.3) is 0 Å². The number of carbonyl (C=O) groups excluding carboxylic acids is 1. The Labute approximate surface area is 210 Å². The van der Waals surface area contributed by atoms with Crippen molar-refractivity contribution in [1.29, 1.82) is 0 Å². The second kappa shape index (κ2) is 14.4. The fraction of sp³-hybridized carbons (Fsp3) is 0.581. The minimum atomic E-state index is -0.600. The van der Waals surface area contributed by atoms with Gasteiger partial charge in [0.2, 0.25) is 0 Å². The van der Waals surface area contributed by atoms with Gasteiger partial charge in [0, 0.05) is 12.3 Å². The molecule has 1 atom stereocenters. The van der Waals surface area contributed by atoms with Crippen molar-refractivity contribution in [2.45, 2.75) is 104 Å². The number of halogens is 2. The van der Waals surface area contributed by atoms with Crippen LogP contribution >= 0.6 is 0 Å². The molecule has 0 aliphatic heterocycles. The third-order valence-corrected chi connectivity index (χ3v) is 7.29. The highest BCUT2D eigenvalue weighted by molar-refractivity contribution is 5.84. The number of hydrogen-bond donors (Lipinski definition) is 0. The van der Waals surface area contributed by atoms with Crippen LogP contribution in [0.2, 0.25) is 0 Å². The predicted molar refractivity (Wildman–Crippen MR) is 140 cm³/mol. The number of fused-ring (bicyclic) bond motifs is 1. The Hall–Kier alpha value is -2.23. The molecule has 2 aromatic carbocycles. The van der Waals surface area contributed by atoms with E-state index in [0.717, 1.165) is 32.1 Å². The van der Waals surface area contributed by atoms with E-state index in [9.17, 15) is 4.79 Å². The Balaban J connectivity index is 1.65. The van der Waals surface area contributed by atoms with Crippen molar-refractivity contribution in [2.24, 2.45) is 5.92 Å². The summed E-state index contributed by atoms with van der Waals surface area (Å²) < 4.78 is 36.4. The van der Waals surface area contributed by atoms with Crippen LogP contribution in [-0.2, 0) is 17.6 Å². The van der Waals surface area contributed by atoms with E-state index in [-0.39, 0.29) is 23.7 Å². The van der Waals surface area contributed by atoms with Crippen molar-refractivity contribution in [3.8, 4) is 16.9 Å². The van der Waals surface area contributed by atoms with E-state index in [2.05, 4.69) is 13.8 Å². The first kappa shape index (κ1) is 27.4. The van der Waals surface area contributed by atoms with Crippen LogP contribution in [0, 0.1) is 17.6 Å². The average molecular weight is 485 g/mol. The van der Waals surface area contributed by atoms with Crippen LogP contribution in [0.4, 0.5) is 8.78 Å². The first-order valence-corrected chi connectivity index (χ1v) is 13.8. The van der Waals surface area contributed by atoms with Gasteiger partial charge in [-0.3, -0.25) is 4.79 Å². The lowest BCUT2D eigenvalue weighted by molar-refractivity contribution is -0.122. The maximum Gasteiger partial charge on any atom is 0.140 e. The van der Waals surface area contributed by atoms with Gasteiger partial charge in [0.05, 0.1) is 12.2 Å². The van der Waals surface area contributed by atoms with E-state index < -0.39 is 11.6 Å². The standard InChI is InChI=1S/C31H42F2O2/c1-3-5-7-9-10-11-13-23-16-19-27-25(22-29(23)34)21-28(32)30(31(27)33)24-14-17-26(18-15-24)35-20-12-8-6-4-2/h14-15,17-18,21,23H,3-13,16,19-20,22H2,1-2H3. The smallest absolute Gasteiger partial charge is 0.140 e. The zero-order valence-corrected chi connectivity index (χ0v) is 21.6. The molecule has 4 heteroatoms. The number of ketones is 1. The second-order valence-electron chi connectivity index (χ2n) is 10.1. The molecule has 192 valence electrons. The summed E-state index contributed by atoms with van der Waals surface area (Å²) in [4.78, 5) is 12.8. The van der Waals surface area contributed by atoms with Crippen molar-refractivity contribution in [3.05, 3.63) is 53.1 Å². The number of rotatable bonds is 14. The molecule has 0 bridgehead atoms. The van der Waals surface area contributed by atoms with E-state index in [0.29, 0.717) is 41.9 Å². The van der Waals surface area contributed by atoms with Crippen molar-refractivity contribution < 1.29 is 18.3 Å².